The predicted octanol–water partition coefficient (Wildman–Crippen LogP) is 3.62. The second kappa shape index (κ2) is 10.4. The molecule has 0 saturated carbocycles. The number of methoxy groups -OCH3 is 1. The number of carbonyl (C=O) groups is 2. The molecule has 0 atom stereocenters. The summed E-state index contributed by atoms with van der Waals surface area (Å²) in [6.45, 7) is 5.67. The summed E-state index contributed by atoms with van der Waals surface area (Å²) in [5.41, 5.74) is 2.82. The van der Waals surface area contributed by atoms with Gasteiger partial charge in [0.05, 0.1) is 13.7 Å². The molecule has 0 unspecified atom stereocenters. The first-order chi connectivity index (χ1) is 14.5. The van der Waals surface area contributed by atoms with Crippen LogP contribution < -0.4 is 15.4 Å². The number of hydrogen-bond donors (Lipinski definition) is 2. The number of esters is 2. The molecule has 7 nitrogen and oxygen atoms in total. The molecule has 2 N–H and O–H groups in total. The van der Waals surface area contributed by atoms with Crippen LogP contribution in [0.3, 0.4) is 0 Å². The van der Waals surface area contributed by atoms with E-state index in [2.05, 4.69) is 16.7 Å². The number of ether oxygens (including phenoxy) is 3. The van der Waals surface area contributed by atoms with E-state index in [1.165, 1.54) is 18.4 Å². The first-order valence-corrected chi connectivity index (χ1v) is 10.9. The van der Waals surface area contributed by atoms with E-state index >= 15 is 0 Å². The van der Waals surface area contributed by atoms with Gasteiger partial charge in [0, 0.05) is 22.2 Å². The number of benzene rings is 1. The van der Waals surface area contributed by atoms with Crippen molar-refractivity contribution in [2.45, 2.75) is 32.7 Å². The summed E-state index contributed by atoms with van der Waals surface area (Å²) in [6, 6.07) is 8.57. The SMILES string of the molecule is CCOC(=O)COc1c(C(=O)OC)sc(-c2cccc(NC3CCNCC3)c2)c1C. The molecule has 1 fully saturated rings. The minimum absolute atomic E-state index is 0.258. The van der Waals surface area contributed by atoms with E-state index in [0.717, 1.165) is 47.6 Å². The van der Waals surface area contributed by atoms with Crippen LogP contribution in [-0.4, -0.2) is 51.4 Å². The minimum atomic E-state index is -0.489. The molecule has 0 aliphatic carbocycles. The van der Waals surface area contributed by atoms with Crippen molar-refractivity contribution in [1.82, 2.24) is 5.32 Å². The second-order valence-corrected chi connectivity index (χ2v) is 8.07. The summed E-state index contributed by atoms with van der Waals surface area (Å²) in [7, 11) is 1.33. The smallest absolute Gasteiger partial charge is 0.351 e. The molecule has 162 valence electrons. The molecule has 30 heavy (non-hydrogen) atoms. The number of carbonyl (C=O) groups excluding carboxylic acids is 2. The highest BCUT2D eigenvalue weighted by Crippen LogP contribution is 2.42. The Morgan fingerprint density at radius 3 is 2.73 bits per heavy atom. The maximum atomic E-state index is 12.3. The Hall–Kier alpha value is -2.58. The standard InChI is InChI=1S/C22H28N2O5S/c1-4-28-18(25)13-29-19-14(2)20(30-21(19)22(26)27-3)15-6-5-7-17(12-15)24-16-8-10-23-11-9-16/h5-7,12,16,23-24H,4,8-11,13H2,1-3H3. The van der Waals surface area contributed by atoms with Crippen LogP contribution in [0.15, 0.2) is 24.3 Å². The number of thiophene rings is 1. The van der Waals surface area contributed by atoms with Gasteiger partial charge in [-0.15, -0.1) is 11.3 Å². The summed E-state index contributed by atoms with van der Waals surface area (Å²) >= 11 is 1.30. The normalized spacial score (nSPS) is 14.2. The lowest BCUT2D eigenvalue weighted by atomic mass is 10.1. The lowest BCUT2D eigenvalue weighted by molar-refractivity contribution is -0.145. The highest BCUT2D eigenvalue weighted by molar-refractivity contribution is 7.18. The zero-order valence-electron chi connectivity index (χ0n) is 17.6. The molecule has 2 aromatic rings. The third-order valence-electron chi connectivity index (χ3n) is 4.94. The van der Waals surface area contributed by atoms with Gasteiger partial charge in [-0.05, 0) is 57.5 Å². The molecule has 2 heterocycles. The molecule has 1 aliphatic rings. The van der Waals surface area contributed by atoms with Gasteiger partial charge >= 0.3 is 11.9 Å². The van der Waals surface area contributed by atoms with Gasteiger partial charge < -0.3 is 24.8 Å². The van der Waals surface area contributed by atoms with Gasteiger partial charge in [0.1, 0.15) is 5.75 Å². The van der Waals surface area contributed by atoms with Crippen molar-refractivity contribution in [2.75, 3.05) is 38.7 Å². The van der Waals surface area contributed by atoms with E-state index < -0.39 is 11.9 Å². The van der Waals surface area contributed by atoms with Crippen molar-refractivity contribution in [3.63, 3.8) is 0 Å². The lowest BCUT2D eigenvalue weighted by Crippen LogP contribution is -2.35. The Morgan fingerprint density at radius 1 is 1.27 bits per heavy atom. The molecule has 0 amide bonds. The van der Waals surface area contributed by atoms with Crippen LogP contribution in [0.25, 0.3) is 10.4 Å². The average Bonchev–Trinajstić information content (AvgIpc) is 3.09. The molecule has 1 aliphatic heterocycles. The van der Waals surface area contributed by atoms with Crippen LogP contribution >= 0.6 is 11.3 Å². The van der Waals surface area contributed by atoms with E-state index in [1.807, 2.05) is 25.1 Å². The Kier molecular flexibility index (Phi) is 7.70. The number of hydrogen-bond acceptors (Lipinski definition) is 8. The lowest BCUT2D eigenvalue weighted by Gasteiger charge is -2.24. The van der Waals surface area contributed by atoms with E-state index in [1.54, 1.807) is 6.92 Å². The third kappa shape index (κ3) is 5.31. The number of piperidine rings is 1. The van der Waals surface area contributed by atoms with Crippen LogP contribution in [0, 0.1) is 6.92 Å². The molecular formula is C22H28N2O5S. The van der Waals surface area contributed by atoms with Crippen molar-refractivity contribution in [3.05, 3.63) is 34.7 Å². The summed E-state index contributed by atoms with van der Waals surface area (Å²) < 4.78 is 15.5. The third-order valence-corrected chi connectivity index (χ3v) is 6.24. The first-order valence-electron chi connectivity index (χ1n) is 10.1. The van der Waals surface area contributed by atoms with Crippen molar-refractivity contribution in [2.24, 2.45) is 0 Å². The maximum Gasteiger partial charge on any atom is 0.351 e. The molecular weight excluding hydrogens is 404 g/mol. The summed E-state index contributed by atoms with van der Waals surface area (Å²) in [5.74, 6) is -0.600. The fraction of sp³-hybridized carbons (Fsp3) is 0.455. The first kappa shape index (κ1) is 22.1. The molecule has 0 spiro atoms. The Morgan fingerprint density at radius 2 is 2.03 bits per heavy atom. The number of rotatable bonds is 8. The zero-order valence-corrected chi connectivity index (χ0v) is 18.4. The fourth-order valence-electron chi connectivity index (χ4n) is 3.46. The summed E-state index contributed by atoms with van der Waals surface area (Å²) in [6.07, 6.45) is 2.17. The molecule has 0 bridgehead atoms. The maximum absolute atomic E-state index is 12.3. The zero-order chi connectivity index (χ0) is 21.5. The van der Waals surface area contributed by atoms with Crippen molar-refractivity contribution in [3.8, 4) is 16.2 Å². The molecule has 1 aromatic heterocycles. The second-order valence-electron chi connectivity index (χ2n) is 7.05. The van der Waals surface area contributed by atoms with E-state index in [-0.39, 0.29) is 13.2 Å². The molecule has 1 saturated heterocycles. The van der Waals surface area contributed by atoms with Crippen molar-refractivity contribution in [1.29, 1.82) is 0 Å². The number of anilines is 1. The van der Waals surface area contributed by atoms with Crippen molar-refractivity contribution < 1.29 is 23.8 Å². The van der Waals surface area contributed by atoms with E-state index in [0.29, 0.717) is 16.7 Å². The van der Waals surface area contributed by atoms with Gasteiger partial charge in [-0.1, -0.05) is 12.1 Å². The number of nitrogens with one attached hydrogen (secondary N) is 2. The van der Waals surface area contributed by atoms with Gasteiger partial charge in [0.25, 0.3) is 0 Å². The quantitative estimate of drug-likeness (QED) is 0.616. The van der Waals surface area contributed by atoms with Crippen LogP contribution in [0.4, 0.5) is 5.69 Å². The van der Waals surface area contributed by atoms with Gasteiger partial charge in [-0.25, -0.2) is 9.59 Å². The highest BCUT2D eigenvalue weighted by Gasteiger charge is 2.24. The van der Waals surface area contributed by atoms with Crippen LogP contribution in [0.2, 0.25) is 0 Å². The largest absolute Gasteiger partial charge is 0.480 e. The summed E-state index contributed by atoms with van der Waals surface area (Å²) in [4.78, 5) is 25.3. The van der Waals surface area contributed by atoms with Crippen LogP contribution in [0.1, 0.15) is 35.0 Å². The Labute approximate surface area is 180 Å². The van der Waals surface area contributed by atoms with E-state index in [9.17, 15) is 9.59 Å². The van der Waals surface area contributed by atoms with Gasteiger partial charge in [0.15, 0.2) is 11.5 Å². The van der Waals surface area contributed by atoms with E-state index in [4.69, 9.17) is 14.2 Å². The van der Waals surface area contributed by atoms with Gasteiger partial charge in [0.2, 0.25) is 0 Å². The van der Waals surface area contributed by atoms with Gasteiger partial charge in [-0.3, -0.25) is 0 Å². The predicted molar refractivity (Wildman–Crippen MR) is 117 cm³/mol. The van der Waals surface area contributed by atoms with Crippen molar-refractivity contribution >= 4 is 29.0 Å². The molecule has 3 rings (SSSR count). The van der Waals surface area contributed by atoms with Crippen LogP contribution in [-0.2, 0) is 14.3 Å². The molecule has 0 radical (unpaired) electrons. The van der Waals surface area contributed by atoms with Crippen LogP contribution in [0.5, 0.6) is 5.75 Å². The topological polar surface area (TPSA) is 85.9 Å². The average molecular weight is 433 g/mol. The highest BCUT2D eigenvalue weighted by atomic mass is 32.1. The summed E-state index contributed by atoms with van der Waals surface area (Å²) in [5, 5.41) is 6.97. The molecule has 8 heteroatoms. The molecule has 1 aromatic carbocycles. The Balaban J connectivity index is 1.86. The Bertz CT molecular complexity index is 890. The fourth-order valence-corrected chi connectivity index (χ4v) is 4.63. The minimum Gasteiger partial charge on any atom is -0.480 e. The van der Waals surface area contributed by atoms with Gasteiger partial charge in [-0.2, -0.15) is 0 Å². The monoisotopic (exact) mass is 432 g/mol.